The van der Waals surface area contributed by atoms with Crippen molar-refractivity contribution < 1.29 is 4.79 Å². The van der Waals surface area contributed by atoms with E-state index in [4.69, 9.17) is 5.73 Å². The minimum atomic E-state index is 0.0825. The van der Waals surface area contributed by atoms with Crippen LogP contribution in [0.2, 0.25) is 0 Å². The second-order valence-corrected chi connectivity index (χ2v) is 5.64. The summed E-state index contributed by atoms with van der Waals surface area (Å²) in [5, 5.41) is 3.04. The monoisotopic (exact) mass is 239 g/mol. The highest BCUT2D eigenvalue weighted by molar-refractivity contribution is 5.76. The average molecular weight is 239 g/mol. The summed E-state index contributed by atoms with van der Waals surface area (Å²) >= 11 is 0. The van der Waals surface area contributed by atoms with Crippen LogP contribution in [0.5, 0.6) is 0 Å². The fourth-order valence-electron chi connectivity index (χ4n) is 2.61. The number of hydrogen-bond donors (Lipinski definition) is 2. The normalized spacial score (nSPS) is 27.8. The summed E-state index contributed by atoms with van der Waals surface area (Å²) in [5.41, 5.74) is 5.94. The Labute approximate surface area is 104 Å². The van der Waals surface area contributed by atoms with Crippen molar-refractivity contribution in [3.8, 4) is 0 Å². The summed E-state index contributed by atoms with van der Waals surface area (Å²) in [4.78, 5) is 14.1. The Morgan fingerprint density at radius 2 is 2.18 bits per heavy atom. The van der Waals surface area contributed by atoms with Gasteiger partial charge in [-0.3, -0.25) is 4.79 Å². The largest absolute Gasteiger partial charge is 0.354 e. The zero-order valence-electron chi connectivity index (χ0n) is 10.8. The lowest BCUT2D eigenvalue weighted by atomic mass is 10.0. The smallest absolute Gasteiger partial charge is 0.221 e. The van der Waals surface area contributed by atoms with Crippen molar-refractivity contribution in [3.63, 3.8) is 0 Å². The summed E-state index contributed by atoms with van der Waals surface area (Å²) in [5.74, 6) is 0.737. The molecule has 1 saturated heterocycles. The van der Waals surface area contributed by atoms with Crippen molar-refractivity contribution in [2.75, 3.05) is 20.1 Å². The molecule has 1 saturated carbocycles. The number of nitrogens with two attached hydrogens (primary N) is 1. The third-order valence-electron chi connectivity index (χ3n) is 4.10. The van der Waals surface area contributed by atoms with Crippen LogP contribution in [-0.2, 0) is 4.79 Å². The van der Waals surface area contributed by atoms with E-state index >= 15 is 0 Å². The molecule has 2 aliphatic rings. The first kappa shape index (κ1) is 12.8. The Kier molecular flexibility index (Phi) is 4.40. The number of nitrogens with one attached hydrogen (secondary N) is 1. The Balaban J connectivity index is 1.64. The molecule has 0 spiro atoms. The molecule has 0 aromatic heterocycles. The molecule has 2 unspecified atom stereocenters. The number of carbonyl (C=O) groups excluding carboxylic acids is 1. The van der Waals surface area contributed by atoms with E-state index in [9.17, 15) is 4.79 Å². The van der Waals surface area contributed by atoms with Gasteiger partial charge in [0.15, 0.2) is 0 Å². The van der Waals surface area contributed by atoms with Crippen LogP contribution in [0.3, 0.4) is 0 Å². The number of piperidine rings is 1. The van der Waals surface area contributed by atoms with E-state index in [1.165, 1.54) is 32.1 Å². The van der Waals surface area contributed by atoms with E-state index in [-0.39, 0.29) is 11.9 Å². The molecule has 1 aliphatic heterocycles. The van der Waals surface area contributed by atoms with E-state index in [2.05, 4.69) is 17.3 Å². The molecule has 2 rings (SSSR count). The predicted octanol–water partition coefficient (Wildman–Crippen LogP) is 0.714. The van der Waals surface area contributed by atoms with Crippen LogP contribution >= 0.6 is 0 Å². The molecule has 2 atom stereocenters. The van der Waals surface area contributed by atoms with Gasteiger partial charge in [0.25, 0.3) is 0 Å². The first-order valence-corrected chi connectivity index (χ1v) is 6.89. The minimum Gasteiger partial charge on any atom is -0.354 e. The van der Waals surface area contributed by atoms with Crippen LogP contribution in [0.4, 0.5) is 0 Å². The first-order valence-electron chi connectivity index (χ1n) is 6.89. The van der Waals surface area contributed by atoms with Crippen LogP contribution in [0.15, 0.2) is 0 Å². The van der Waals surface area contributed by atoms with Crippen molar-refractivity contribution in [3.05, 3.63) is 0 Å². The summed E-state index contributed by atoms with van der Waals surface area (Å²) in [7, 11) is 2.14. The summed E-state index contributed by atoms with van der Waals surface area (Å²) in [6.07, 6.45) is 6.69. The van der Waals surface area contributed by atoms with Gasteiger partial charge in [-0.2, -0.15) is 0 Å². The van der Waals surface area contributed by atoms with Crippen LogP contribution in [0, 0.1) is 5.92 Å². The molecule has 0 bridgehead atoms. The maximum atomic E-state index is 11.7. The second kappa shape index (κ2) is 5.83. The van der Waals surface area contributed by atoms with Gasteiger partial charge in [-0.25, -0.2) is 0 Å². The summed E-state index contributed by atoms with van der Waals surface area (Å²) in [6.45, 7) is 1.94. The van der Waals surface area contributed by atoms with E-state index in [0.29, 0.717) is 18.4 Å². The number of carbonyl (C=O) groups is 1. The van der Waals surface area contributed by atoms with Crippen LogP contribution in [-0.4, -0.2) is 43.0 Å². The molecular formula is C13H25N3O. The minimum absolute atomic E-state index is 0.0825. The van der Waals surface area contributed by atoms with E-state index < -0.39 is 0 Å². The zero-order valence-corrected chi connectivity index (χ0v) is 10.8. The molecule has 0 radical (unpaired) electrons. The highest BCUT2D eigenvalue weighted by Crippen LogP contribution is 2.32. The SMILES string of the molecule is CN1CCCCC1CNC(=O)CC(N)C1CC1. The number of likely N-dealkylation sites (N-methyl/N-ethyl adjacent to an activating group) is 1. The molecule has 2 fully saturated rings. The van der Waals surface area contributed by atoms with Crippen molar-refractivity contribution in [1.29, 1.82) is 0 Å². The van der Waals surface area contributed by atoms with Crippen molar-refractivity contribution in [2.45, 2.75) is 50.6 Å². The summed E-state index contributed by atoms with van der Waals surface area (Å²) in [6, 6.07) is 0.601. The number of hydrogen-bond acceptors (Lipinski definition) is 3. The lowest BCUT2D eigenvalue weighted by molar-refractivity contribution is -0.121. The Bertz CT molecular complexity index is 265. The van der Waals surface area contributed by atoms with E-state index in [1.807, 2.05) is 0 Å². The van der Waals surface area contributed by atoms with Gasteiger partial charge in [-0.1, -0.05) is 6.42 Å². The molecule has 98 valence electrons. The van der Waals surface area contributed by atoms with Gasteiger partial charge in [-0.05, 0) is 45.2 Å². The van der Waals surface area contributed by atoms with Gasteiger partial charge in [0.1, 0.15) is 0 Å². The van der Waals surface area contributed by atoms with Gasteiger partial charge in [0.05, 0.1) is 0 Å². The van der Waals surface area contributed by atoms with Gasteiger partial charge in [0.2, 0.25) is 5.91 Å². The van der Waals surface area contributed by atoms with Gasteiger partial charge < -0.3 is 16.0 Å². The Morgan fingerprint density at radius 3 is 2.82 bits per heavy atom. The third kappa shape index (κ3) is 3.96. The molecular weight excluding hydrogens is 214 g/mol. The van der Waals surface area contributed by atoms with Crippen molar-refractivity contribution in [2.24, 2.45) is 11.7 Å². The number of nitrogens with zero attached hydrogens (tertiary/aromatic N) is 1. The van der Waals surface area contributed by atoms with Gasteiger partial charge in [0, 0.05) is 25.0 Å². The molecule has 1 amide bonds. The van der Waals surface area contributed by atoms with Gasteiger partial charge in [-0.15, -0.1) is 0 Å². The average Bonchev–Trinajstić information content (AvgIpc) is 3.11. The van der Waals surface area contributed by atoms with Crippen LogP contribution in [0.1, 0.15) is 38.5 Å². The quantitative estimate of drug-likeness (QED) is 0.743. The standard InChI is InChI=1S/C13H25N3O/c1-16-7-3-2-4-11(16)9-15-13(17)8-12(14)10-5-6-10/h10-12H,2-9,14H2,1H3,(H,15,17). The topological polar surface area (TPSA) is 58.4 Å². The lowest BCUT2D eigenvalue weighted by Crippen LogP contribution is -2.45. The highest BCUT2D eigenvalue weighted by Gasteiger charge is 2.30. The molecule has 1 heterocycles. The highest BCUT2D eigenvalue weighted by atomic mass is 16.1. The number of likely N-dealkylation sites (tertiary alicyclic amines) is 1. The first-order chi connectivity index (χ1) is 8.16. The Hall–Kier alpha value is -0.610. The molecule has 17 heavy (non-hydrogen) atoms. The predicted molar refractivity (Wildman–Crippen MR) is 68.6 cm³/mol. The fraction of sp³-hybridized carbons (Fsp3) is 0.923. The maximum absolute atomic E-state index is 11.7. The van der Waals surface area contributed by atoms with E-state index in [0.717, 1.165) is 13.1 Å². The van der Waals surface area contributed by atoms with Crippen molar-refractivity contribution in [1.82, 2.24) is 10.2 Å². The molecule has 4 heteroatoms. The second-order valence-electron chi connectivity index (χ2n) is 5.64. The van der Waals surface area contributed by atoms with Crippen LogP contribution in [0.25, 0.3) is 0 Å². The third-order valence-corrected chi connectivity index (χ3v) is 4.10. The molecule has 0 aromatic carbocycles. The van der Waals surface area contributed by atoms with E-state index in [1.54, 1.807) is 0 Å². The zero-order chi connectivity index (χ0) is 12.3. The molecule has 3 N–H and O–H groups in total. The van der Waals surface area contributed by atoms with Crippen molar-refractivity contribution >= 4 is 5.91 Å². The molecule has 4 nitrogen and oxygen atoms in total. The molecule has 1 aliphatic carbocycles. The lowest BCUT2D eigenvalue weighted by Gasteiger charge is -2.32. The van der Waals surface area contributed by atoms with Gasteiger partial charge >= 0.3 is 0 Å². The Morgan fingerprint density at radius 1 is 1.41 bits per heavy atom. The van der Waals surface area contributed by atoms with Crippen LogP contribution < -0.4 is 11.1 Å². The summed E-state index contributed by atoms with van der Waals surface area (Å²) < 4.78 is 0. The number of amides is 1. The maximum Gasteiger partial charge on any atom is 0.221 e. The fourth-order valence-corrected chi connectivity index (χ4v) is 2.61. The number of rotatable bonds is 5. The molecule has 0 aromatic rings.